The third kappa shape index (κ3) is 6.02. The lowest BCUT2D eigenvalue weighted by molar-refractivity contribution is -0.136. The molecule has 0 aliphatic carbocycles. The van der Waals surface area contributed by atoms with Gasteiger partial charge in [-0.3, -0.25) is 9.59 Å². The van der Waals surface area contributed by atoms with Crippen LogP contribution >= 0.6 is 23.2 Å². The minimum absolute atomic E-state index is 0.202. The smallest absolute Gasteiger partial charge is 0.331 e. The van der Waals surface area contributed by atoms with Gasteiger partial charge in [-0.1, -0.05) is 29.3 Å². The van der Waals surface area contributed by atoms with Crippen LogP contribution in [-0.2, 0) is 14.3 Å². The highest BCUT2D eigenvalue weighted by atomic mass is 35.5. The molecule has 0 unspecified atom stereocenters. The monoisotopic (exact) mass is 391 g/mol. The summed E-state index contributed by atoms with van der Waals surface area (Å²) < 4.78 is 4.92. The van der Waals surface area contributed by atoms with Crippen LogP contribution in [0.4, 0.5) is 5.69 Å². The van der Waals surface area contributed by atoms with E-state index in [1.54, 1.807) is 42.5 Å². The maximum Gasteiger partial charge on any atom is 0.331 e. The number of carbonyl (C=O) groups is 3. The summed E-state index contributed by atoms with van der Waals surface area (Å²) in [6.07, 6.45) is 2.71. The molecule has 134 valence electrons. The molecule has 0 spiro atoms. The summed E-state index contributed by atoms with van der Waals surface area (Å²) in [6, 6.07) is 11.2. The lowest BCUT2D eigenvalue weighted by atomic mass is 10.1. The normalized spacial score (nSPS) is 10.6. The number of ether oxygens (including phenoxy) is 1. The molecule has 26 heavy (non-hydrogen) atoms. The molecule has 0 aromatic heterocycles. The van der Waals surface area contributed by atoms with E-state index in [9.17, 15) is 14.4 Å². The van der Waals surface area contributed by atoms with E-state index in [0.29, 0.717) is 26.9 Å². The Morgan fingerprint density at radius 1 is 1.04 bits per heavy atom. The zero-order valence-corrected chi connectivity index (χ0v) is 15.3. The first-order chi connectivity index (χ1) is 12.3. The quantitative estimate of drug-likeness (QED) is 0.450. The van der Waals surface area contributed by atoms with Gasteiger partial charge in [0.1, 0.15) is 0 Å². The summed E-state index contributed by atoms with van der Waals surface area (Å²) in [7, 11) is 0. The minimum atomic E-state index is -0.653. The fourth-order valence-electron chi connectivity index (χ4n) is 1.99. The Morgan fingerprint density at radius 2 is 1.73 bits per heavy atom. The molecule has 7 heteroatoms. The van der Waals surface area contributed by atoms with E-state index < -0.39 is 5.97 Å². The molecule has 0 aliphatic heterocycles. The van der Waals surface area contributed by atoms with Gasteiger partial charge in [0, 0.05) is 24.3 Å². The van der Waals surface area contributed by atoms with Crippen molar-refractivity contribution in [3.63, 3.8) is 0 Å². The van der Waals surface area contributed by atoms with Crippen LogP contribution in [0.3, 0.4) is 0 Å². The highest BCUT2D eigenvalue weighted by Gasteiger charge is 2.09. The third-order valence-electron chi connectivity index (χ3n) is 3.23. The second-order valence-electron chi connectivity index (χ2n) is 5.30. The van der Waals surface area contributed by atoms with Crippen molar-refractivity contribution in [1.82, 2.24) is 0 Å². The van der Waals surface area contributed by atoms with Gasteiger partial charge in [0.05, 0.1) is 10.0 Å². The highest BCUT2D eigenvalue weighted by molar-refractivity contribution is 6.42. The average Bonchev–Trinajstić information content (AvgIpc) is 2.60. The number of amides is 1. The molecule has 2 rings (SSSR count). The van der Waals surface area contributed by atoms with Crippen LogP contribution in [0.15, 0.2) is 48.5 Å². The van der Waals surface area contributed by atoms with Crippen molar-refractivity contribution in [3.8, 4) is 0 Å². The summed E-state index contributed by atoms with van der Waals surface area (Å²) in [4.78, 5) is 34.7. The Hall–Kier alpha value is -2.63. The Labute approximate surface area is 160 Å². The van der Waals surface area contributed by atoms with Crippen molar-refractivity contribution >= 4 is 52.6 Å². The van der Waals surface area contributed by atoms with Crippen molar-refractivity contribution in [3.05, 3.63) is 69.7 Å². The highest BCUT2D eigenvalue weighted by Crippen LogP contribution is 2.23. The summed E-state index contributed by atoms with van der Waals surface area (Å²) in [5.41, 5.74) is 1.63. The van der Waals surface area contributed by atoms with Gasteiger partial charge in [-0.15, -0.1) is 0 Å². The molecule has 5 nitrogen and oxygen atoms in total. The van der Waals surface area contributed by atoms with Gasteiger partial charge in [0.2, 0.25) is 5.91 Å². The fourth-order valence-corrected chi connectivity index (χ4v) is 2.30. The molecular formula is C19H15Cl2NO4. The van der Waals surface area contributed by atoms with Gasteiger partial charge >= 0.3 is 5.97 Å². The van der Waals surface area contributed by atoms with Crippen molar-refractivity contribution in [2.45, 2.75) is 6.92 Å². The van der Waals surface area contributed by atoms with E-state index in [2.05, 4.69) is 5.32 Å². The molecule has 1 amide bonds. The molecular weight excluding hydrogens is 377 g/mol. The molecule has 0 fully saturated rings. The number of esters is 1. The minimum Gasteiger partial charge on any atom is -0.454 e. The number of halogens is 2. The van der Waals surface area contributed by atoms with Gasteiger partial charge in [0.15, 0.2) is 12.4 Å². The SMILES string of the molecule is CC(=O)Nc1ccc(C(=O)COC(=O)/C=C/c2ccc(Cl)c(Cl)c2)cc1. The molecule has 0 saturated heterocycles. The van der Waals surface area contributed by atoms with E-state index in [-0.39, 0.29) is 18.3 Å². The van der Waals surface area contributed by atoms with Gasteiger partial charge in [-0.05, 0) is 48.0 Å². The van der Waals surface area contributed by atoms with E-state index >= 15 is 0 Å². The third-order valence-corrected chi connectivity index (χ3v) is 3.97. The van der Waals surface area contributed by atoms with Crippen molar-refractivity contribution in [1.29, 1.82) is 0 Å². The van der Waals surface area contributed by atoms with Crippen LogP contribution in [0.1, 0.15) is 22.8 Å². The number of ketones is 1. The number of nitrogens with one attached hydrogen (secondary N) is 1. The molecule has 0 saturated carbocycles. The van der Waals surface area contributed by atoms with E-state index in [0.717, 1.165) is 0 Å². The summed E-state index contributed by atoms with van der Waals surface area (Å²) in [6.45, 7) is 1.01. The van der Waals surface area contributed by atoms with Gasteiger partial charge in [0.25, 0.3) is 0 Å². The van der Waals surface area contributed by atoms with Gasteiger partial charge in [-0.25, -0.2) is 4.79 Å². The molecule has 0 radical (unpaired) electrons. The fraction of sp³-hybridized carbons (Fsp3) is 0.105. The topological polar surface area (TPSA) is 72.5 Å². The number of rotatable bonds is 6. The summed E-state index contributed by atoms with van der Waals surface area (Å²) in [5, 5.41) is 3.39. The maximum atomic E-state index is 12.0. The van der Waals surface area contributed by atoms with Crippen LogP contribution in [-0.4, -0.2) is 24.3 Å². The second kappa shape index (κ2) is 9.17. The molecule has 0 atom stereocenters. The number of hydrogen-bond donors (Lipinski definition) is 1. The maximum absolute atomic E-state index is 12.0. The first kappa shape index (κ1) is 19.7. The lowest BCUT2D eigenvalue weighted by Crippen LogP contribution is -2.13. The molecule has 2 aromatic carbocycles. The summed E-state index contributed by atoms with van der Waals surface area (Å²) >= 11 is 11.7. The molecule has 1 N–H and O–H groups in total. The van der Waals surface area contributed by atoms with Crippen molar-refractivity contribution in [2.75, 3.05) is 11.9 Å². The molecule has 2 aromatic rings. The van der Waals surface area contributed by atoms with E-state index in [1.807, 2.05) is 0 Å². The Balaban J connectivity index is 1.87. The van der Waals surface area contributed by atoms with Crippen LogP contribution in [0.5, 0.6) is 0 Å². The van der Waals surface area contributed by atoms with E-state index in [1.165, 1.54) is 19.1 Å². The van der Waals surface area contributed by atoms with Crippen LogP contribution in [0.2, 0.25) is 10.0 Å². The first-order valence-electron chi connectivity index (χ1n) is 7.56. The number of carbonyl (C=O) groups excluding carboxylic acids is 3. The number of hydrogen-bond acceptors (Lipinski definition) is 4. The molecule has 0 aliphatic rings. The lowest BCUT2D eigenvalue weighted by Gasteiger charge is -2.04. The number of benzene rings is 2. The first-order valence-corrected chi connectivity index (χ1v) is 8.31. The average molecular weight is 392 g/mol. The number of Topliss-reactive ketones (excluding diaryl/α,β-unsaturated/α-hetero) is 1. The van der Waals surface area contributed by atoms with Crippen LogP contribution < -0.4 is 5.32 Å². The zero-order chi connectivity index (χ0) is 19.1. The van der Waals surface area contributed by atoms with E-state index in [4.69, 9.17) is 27.9 Å². The Kier molecular flexibility index (Phi) is 6.95. The predicted molar refractivity (Wildman–Crippen MR) is 102 cm³/mol. The number of anilines is 1. The Bertz CT molecular complexity index is 860. The Morgan fingerprint density at radius 3 is 2.35 bits per heavy atom. The largest absolute Gasteiger partial charge is 0.454 e. The summed E-state index contributed by atoms with van der Waals surface area (Å²) in [5.74, 6) is -1.21. The second-order valence-corrected chi connectivity index (χ2v) is 6.11. The van der Waals surface area contributed by atoms with Gasteiger partial charge in [-0.2, -0.15) is 0 Å². The standard InChI is InChI=1S/C19H15Cl2NO4/c1-12(23)22-15-6-4-14(5-7-15)18(24)11-26-19(25)9-3-13-2-8-16(20)17(21)10-13/h2-10H,11H2,1H3,(H,22,23)/b9-3+. The zero-order valence-electron chi connectivity index (χ0n) is 13.8. The van der Waals surface area contributed by atoms with Gasteiger partial charge < -0.3 is 10.1 Å². The van der Waals surface area contributed by atoms with Crippen LogP contribution in [0, 0.1) is 0 Å². The molecule has 0 bridgehead atoms. The van der Waals surface area contributed by atoms with Crippen molar-refractivity contribution in [2.24, 2.45) is 0 Å². The van der Waals surface area contributed by atoms with Crippen molar-refractivity contribution < 1.29 is 19.1 Å². The molecule has 0 heterocycles. The predicted octanol–water partition coefficient (Wildman–Crippen LogP) is 4.39. The van der Waals surface area contributed by atoms with Crippen LogP contribution in [0.25, 0.3) is 6.08 Å².